The van der Waals surface area contributed by atoms with E-state index in [1.54, 1.807) is 6.07 Å². The molecule has 2 aromatic carbocycles. The number of hydrogen-bond acceptors (Lipinski definition) is 6. The van der Waals surface area contributed by atoms with E-state index in [9.17, 15) is 28.3 Å². The van der Waals surface area contributed by atoms with Crippen LogP contribution in [0.3, 0.4) is 0 Å². The minimum atomic E-state index is -4.89. The third-order valence-electron chi connectivity index (χ3n) is 4.41. The number of nitriles is 1. The number of carbonyl (C=O) groups is 1. The third kappa shape index (κ3) is 6.91. The Morgan fingerprint density at radius 1 is 1.09 bits per heavy atom. The molecule has 7 nitrogen and oxygen atoms in total. The molecule has 1 aromatic heterocycles. The zero-order valence-electron chi connectivity index (χ0n) is 17.6. The van der Waals surface area contributed by atoms with E-state index in [-0.39, 0.29) is 51.6 Å². The Kier molecular flexibility index (Phi) is 8.27. The molecule has 0 aliphatic carbocycles. The number of nitrogens with zero attached hydrogens (tertiary/aromatic N) is 2. The lowest BCUT2D eigenvalue weighted by Gasteiger charge is -2.14. The average Bonchev–Trinajstić information content (AvgIpc) is 2.79. The van der Waals surface area contributed by atoms with Crippen molar-refractivity contribution in [2.45, 2.75) is 12.8 Å². The number of benzene rings is 2. The molecule has 182 valence electrons. The maximum absolute atomic E-state index is 12.3. The first-order valence-electron chi connectivity index (χ1n) is 9.82. The van der Waals surface area contributed by atoms with Crippen LogP contribution in [0.2, 0.25) is 10.0 Å². The fourth-order valence-corrected chi connectivity index (χ4v) is 3.56. The Morgan fingerprint density at radius 3 is 2.40 bits per heavy atom. The molecule has 0 atom stereocenters. The highest BCUT2D eigenvalue weighted by molar-refractivity contribution is 6.37. The maximum Gasteiger partial charge on any atom is 0.573 e. The van der Waals surface area contributed by atoms with Crippen molar-refractivity contribution in [2.24, 2.45) is 0 Å². The van der Waals surface area contributed by atoms with Gasteiger partial charge in [0, 0.05) is 30.3 Å². The Morgan fingerprint density at radius 2 is 1.77 bits per heavy atom. The molecule has 0 amide bonds. The predicted octanol–water partition coefficient (Wildman–Crippen LogP) is 6.37. The third-order valence-corrected chi connectivity index (χ3v) is 4.97. The predicted molar refractivity (Wildman–Crippen MR) is 120 cm³/mol. The molecule has 0 unspecified atom stereocenters. The second-order valence-corrected chi connectivity index (χ2v) is 7.66. The first kappa shape index (κ1) is 25.9. The molecule has 1 heterocycles. The Hall–Kier alpha value is -3.68. The van der Waals surface area contributed by atoms with E-state index in [0.717, 1.165) is 12.1 Å². The van der Waals surface area contributed by atoms with Gasteiger partial charge in [-0.05, 0) is 30.3 Å². The van der Waals surface area contributed by atoms with Gasteiger partial charge >= 0.3 is 12.3 Å². The lowest BCUT2D eigenvalue weighted by Crippen LogP contribution is -2.17. The summed E-state index contributed by atoms with van der Waals surface area (Å²) < 4.78 is 51.9. The van der Waals surface area contributed by atoms with Crippen LogP contribution in [0, 0.1) is 11.3 Å². The van der Waals surface area contributed by atoms with Gasteiger partial charge in [0.15, 0.2) is 5.75 Å². The molecule has 0 spiro atoms. The highest BCUT2D eigenvalue weighted by Gasteiger charge is 2.31. The number of rotatable bonds is 9. The Bertz CT molecular complexity index is 1260. The van der Waals surface area contributed by atoms with E-state index in [1.165, 1.54) is 30.5 Å². The second kappa shape index (κ2) is 11.2. The van der Waals surface area contributed by atoms with Crippen molar-refractivity contribution in [1.82, 2.24) is 4.98 Å². The summed E-state index contributed by atoms with van der Waals surface area (Å²) in [5.74, 6) is -1.45. The molecule has 0 fully saturated rings. The molecule has 0 saturated heterocycles. The zero-order chi connectivity index (χ0) is 25.6. The zero-order valence-corrected chi connectivity index (χ0v) is 19.1. The molecule has 0 bridgehead atoms. The molecule has 35 heavy (non-hydrogen) atoms. The van der Waals surface area contributed by atoms with Crippen molar-refractivity contribution in [3.05, 3.63) is 69.8 Å². The van der Waals surface area contributed by atoms with Crippen LogP contribution in [0.5, 0.6) is 17.2 Å². The van der Waals surface area contributed by atoms with Gasteiger partial charge < -0.3 is 19.3 Å². The lowest BCUT2D eigenvalue weighted by molar-refractivity contribution is -0.274. The van der Waals surface area contributed by atoms with Crippen LogP contribution in [0.4, 0.5) is 13.2 Å². The van der Waals surface area contributed by atoms with Crippen LogP contribution in [0.15, 0.2) is 48.7 Å². The summed E-state index contributed by atoms with van der Waals surface area (Å²) in [6.07, 6.45) is -3.11. The van der Waals surface area contributed by atoms with E-state index >= 15 is 0 Å². The monoisotopic (exact) mass is 526 g/mol. The topological polar surface area (TPSA) is 102 Å². The normalized spacial score (nSPS) is 11.0. The molecule has 3 rings (SSSR count). The van der Waals surface area contributed by atoms with E-state index in [1.807, 2.05) is 6.07 Å². The molecule has 0 saturated carbocycles. The van der Waals surface area contributed by atoms with Gasteiger partial charge in [-0.3, -0.25) is 4.98 Å². The van der Waals surface area contributed by atoms with E-state index in [0.29, 0.717) is 12.0 Å². The largest absolute Gasteiger partial charge is 0.573 e. The summed E-state index contributed by atoms with van der Waals surface area (Å²) in [6, 6.07) is 11.4. The minimum Gasteiger partial charge on any atom is -0.492 e. The number of ether oxygens (including phenoxy) is 3. The molecular weight excluding hydrogens is 512 g/mol. The van der Waals surface area contributed by atoms with Gasteiger partial charge in [0.1, 0.15) is 17.6 Å². The van der Waals surface area contributed by atoms with Gasteiger partial charge in [0.25, 0.3) is 0 Å². The first-order valence-corrected chi connectivity index (χ1v) is 10.6. The summed E-state index contributed by atoms with van der Waals surface area (Å²) in [6.45, 7) is 0.192. The average molecular weight is 527 g/mol. The number of halogens is 5. The van der Waals surface area contributed by atoms with Crippen molar-refractivity contribution in [2.75, 3.05) is 13.2 Å². The van der Waals surface area contributed by atoms with E-state index in [2.05, 4.69) is 9.72 Å². The standard InChI is InChI=1S/C23H15Cl2F3N2O5/c24-17-10-15(35-23(26,27)28)11-18(25)21(17)34-8-2-7-33-19-5-4-13(9-14(19)12-29)20-16(22(31)32)3-1-6-30-20/h1,3-6,9-11H,2,7-8H2,(H,31,32). The smallest absolute Gasteiger partial charge is 0.492 e. The van der Waals surface area contributed by atoms with Crippen LogP contribution in [0.1, 0.15) is 22.3 Å². The molecule has 3 aromatic rings. The van der Waals surface area contributed by atoms with Crippen molar-refractivity contribution >= 4 is 29.2 Å². The Labute approximate surface area is 207 Å². The first-order chi connectivity index (χ1) is 16.6. The van der Waals surface area contributed by atoms with Gasteiger partial charge in [-0.15, -0.1) is 13.2 Å². The number of alkyl halides is 3. The Balaban J connectivity index is 1.60. The minimum absolute atomic E-state index is 0.00229. The number of carboxylic acids is 1. The molecule has 1 N–H and O–H groups in total. The van der Waals surface area contributed by atoms with Crippen molar-refractivity contribution in [3.8, 4) is 34.6 Å². The van der Waals surface area contributed by atoms with Gasteiger partial charge in [0.2, 0.25) is 0 Å². The van der Waals surface area contributed by atoms with Crippen LogP contribution < -0.4 is 14.2 Å². The van der Waals surface area contributed by atoms with Crippen molar-refractivity contribution in [3.63, 3.8) is 0 Å². The molecule has 12 heteroatoms. The van der Waals surface area contributed by atoms with Crippen LogP contribution in [-0.4, -0.2) is 35.6 Å². The SMILES string of the molecule is N#Cc1cc(-c2ncccc2C(=O)O)ccc1OCCCOc1c(Cl)cc(OC(F)(F)F)cc1Cl. The summed E-state index contributed by atoms with van der Waals surface area (Å²) >= 11 is 11.9. The summed E-state index contributed by atoms with van der Waals surface area (Å²) in [7, 11) is 0. The van der Waals surface area contributed by atoms with Gasteiger partial charge in [-0.25, -0.2) is 4.79 Å². The highest BCUT2D eigenvalue weighted by atomic mass is 35.5. The lowest BCUT2D eigenvalue weighted by atomic mass is 10.0. The van der Waals surface area contributed by atoms with Crippen molar-refractivity contribution in [1.29, 1.82) is 5.26 Å². The maximum atomic E-state index is 12.3. The van der Waals surface area contributed by atoms with Gasteiger partial charge in [-0.2, -0.15) is 5.26 Å². The number of pyridine rings is 1. The highest BCUT2D eigenvalue weighted by Crippen LogP contribution is 2.38. The molecule has 0 aliphatic heterocycles. The van der Waals surface area contributed by atoms with E-state index in [4.69, 9.17) is 32.7 Å². The quantitative estimate of drug-likeness (QED) is 0.323. The van der Waals surface area contributed by atoms with Crippen LogP contribution in [0.25, 0.3) is 11.3 Å². The second-order valence-electron chi connectivity index (χ2n) is 6.84. The summed E-state index contributed by atoms with van der Waals surface area (Å²) in [5.41, 5.74) is 0.837. The number of carboxylic acid groups (broad SMARTS) is 1. The van der Waals surface area contributed by atoms with Crippen LogP contribution in [-0.2, 0) is 0 Å². The fourth-order valence-electron chi connectivity index (χ4n) is 2.98. The van der Waals surface area contributed by atoms with Gasteiger partial charge in [0.05, 0.1) is 40.1 Å². The molecular formula is C23H15Cl2F3N2O5. The van der Waals surface area contributed by atoms with Crippen molar-refractivity contribution < 1.29 is 37.3 Å². The number of aromatic carboxylic acids is 1. The van der Waals surface area contributed by atoms with Gasteiger partial charge in [-0.1, -0.05) is 23.2 Å². The van der Waals surface area contributed by atoms with E-state index < -0.39 is 18.1 Å². The number of aromatic nitrogens is 1. The summed E-state index contributed by atoms with van der Waals surface area (Å²) in [4.78, 5) is 15.5. The molecule has 0 aliphatic rings. The van der Waals surface area contributed by atoms with Crippen LogP contribution >= 0.6 is 23.2 Å². The number of hydrogen-bond donors (Lipinski definition) is 1. The summed E-state index contributed by atoms with van der Waals surface area (Å²) in [5, 5.41) is 18.5. The fraction of sp³-hybridized carbons (Fsp3) is 0.174. The molecule has 0 radical (unpaired) electrons.